The fourth-order valence-electron chi connectivity index (χ4n) is 2.48. The molecule has 0 spiro atoms. The summed E-state index contributed by atoms with van der Waals surface area (Å²) in [7, 11) is 1.83. The Labute approximate surface area is 145 Å². The number of benzene rings is 2. The zero-order chi connectivity index (χ0) is 16.9. The van der Waals surface area contributed by atoms with E-state index in [9.17, 15) is 0 Å². The molecule has 0 saturated heterocycles. The maximum atomic E-state index is 5.89. The Kier molecular flexibility index (Phi) is 5.01. The Hall–Kier alpha value is -2.53. The van der Waals surface area contributed by atoms with Gasteiger partial charge in [-0.25, -0.2) is 0 Å². The topological polar surface area (TPSA) is 77.0 Å². The summed E-state index contributed by atoms with van der Waals surface area (Å²) in [6.07, 6.45) is 2.62. The Morgan fingerprint density at radius 3 is 2.67 bits per heavy atom. The number of nitrogens with two attached hydrogens (primary N) is 1. The van der Waals surface area contributed by atoms with Crippen molar-refractivity contribution in [1.29, 1.82) is 0 Å². The molecule has 3 aromatic rings. The number of nitrogens with zero attached hydrogens (tertiary/aromatic N) is 2. The van der Waals surface area contributed by atoms with Crippen LogP contribution < -0.4 is 11.1 Å². The summed E-state index contributed by atoms with van der Waals surface area (Å²) in [6.45, 7) is 0. The van der Waals surface area contributed by atoms with E-state index in [-0.39, 0.29) is 0 Å². The molecule has 0 amide bonds. The third-order valence-corrected chi connectivity index (χ3v) is 4.07. The molecular weight excluding hydrogens is 324 g/mol. The molecule has 0 unspecified atom stereocenters. The normalized spacial score (nSPS) is 10.8. The van der Waals surface area contributed by atoms with Gasteiger partial charge in [0, 0.05) is 24.1 Å². The van der Waals surface area contributed by atoms with E-state index in [0.29, 0.717) is 17.4 Å². The van der Waals surface area contributed by atoms with Crippen LogP contribution in [0.15, 0.2) is 47.0 Å². The van der Waals surface area contributed by atoms with Crippen molar-refractivity contribution in [3.63, 3.8) is 0 Å². The maximum Gasteiger partial charge on any atom is 0.226 e. The molecule has 0 fully saturated rings. The van der Waals surface area contributed by atoms with Crippen LogP contribution in [0.5, 0.6) is 0 Å². The minimum atomic E-state index is 0.577. The molecule has 5 nitrogen and oxygen atoms in total. The van der Waals surface area contributed by atoms with Gasteiger partial charge in [0.25, 0.3) is 0 Å². The van der Waals surface area contributed by atoms with Crippen molar-refractivity contribution in [2.24, 2.45) is 0 Å². The molecule has 0 radical (unpaired) electrons. The predicted octanol–water partition coefficient (Wildman–Crippen LogP) is 4.19. The molecule has 1 heterocycles. The molecule has 0 bridgehead atoms. The van der Waals surface area contributed by atoms with Crippen molar-refractivity contribution in [2.45, 2.75) is 19.3 Å². The highest BCUT2D eigenvalue weighted by molar-refractivity contribution is 6.30. The van der Waals surface area contributed by atoms with Gasteiger partial charge in [-0.2, -0.15) is 4.98 Å². The molecule has 6 heteroatoms. The smallest absolute Gasteiger partial charge is 0.226 e. The minimum Gasteiger partial charge on any atom is -0.397 e. The summed E-state index contributed by atoms with van der Waals surface area (Å²) < 4.78 is 5.35. The van der Waals surface area contributed by atoms with Crippen molar-refractivity contribution in [1.82, 2.24) is 10.1 Å². The van der Waals surface area contributed by atoms with Gasteiger partial charge >= 0.3 is 0 Å². The van der Waals surface area contributed by atoms with Crippen LogP contribution in [0.1, 0.15) is 17.9 Å². The van der Waals surface area contributed by atoms with E-state index in [2.05, 4.69) is 15.5 Å². The summed E-state index contributed by atoms with van der Waals surface area (Å²) in [5, 5.41) is 7.86. The molecule has 0 saturated carbocycles. The van der Waals surface area contributed by atoms with Gasteiger partial charge in [-0.3, -0.25) is 0 Å². The summed E-state index contributed by atoms with van der Waals surface area (Å²) >= 11 is 5.89. The summed E-state index contributed by atoms with van der Waals surface area (Å²) in [4.78, 5) is 4.46. The van der Waals surface area contributed by atoms with Crippen LogP contribution in [0, 0.1) is 0 Å². The van der Waals surface area contributed by atoms with E-state index in [1.54, 1.807) is 0 Å². The first-order chi connectivity index (χ1) is 11.7. The SMILES string of the molecule is CNc1cc(-c2noc(CCCc3ccc(Cl)cc3)n2)ccc1N. The number of hydrogen-bond acceptors (Lipinski definition) is 5. The number of aryl methyl sites for hydroxylation is 2. The molecule has 0 aliphatic carbocycles. The van der Waals surface area contributed by atoms with E-state index in [1.807, 2.05) is 49.5 Å². The van der Waals surface area contributed by atoms with E-state index < -0.39 is 0 Å². The van der Waals surface area contributed by atoms with Gasteiger partial charge in [0.05, 0.1) is 11.4 Å². The molecule has 3 N–H and O–H groups in total. The molecule has 3 rings (SSSR count). The lowest BCUT2D eigenvalue weighted by Gasteiger charge is -2.05. The summed E-state index contributed by atoms with van der Waals surface area (Å²) in [5.41, 5.74) is 9.54. The quantitative estimate of drug-likeness (QED) is 0.657. The number of anilines is 2. The fraction of sp³-hybridized carbons (Fsp3) is 0.222. The van der Waals surface area contributed by atoms with Gasteiger partial charge in [0.15, 0.2) is 0 Å². The standard InChI is InChI=1S/C18H19ClN4O/c1-21-16-11-13(7-10-15(16)20)18-22-17(24-23-18)4-2-3-12-5-8-14(19)9-6-12/h5-11,21H,2-4,20H2,1H3. The van der Waals surface area contributed by atoms with Crippen molar-refractivity contribution in [3.05, 3.63) is 58.9 Å². The van der Waals surface area contributed by atoms with Crippen LogP contribution in [0.4, 0.5) is 11.4 Å². The fourth-order valence-corrected chi connectivity index (χ4v) is 2.61. The van der Waals surface area contributed by atoms with Crippen LogP contribution in [0.3, 0.4) is 0 Å². The van der Waals surface area contributed by atoms with Gasteiger partial charge in [0.1, 0.15) is 0 Å². The molecule has 24 heavy (non-hydrogen) atoms. The van der Waals surface area contributed by atoms with E-state index in [0.717, 1.165) is 35.5 Å². The predicted molar refractivity (Wildman–Crippen MR) is 97.2 cm³/mol. The van der Waals surface area contributed by atoms with Crippen LogP contribution in [-0.2, 0) is 12.8 Å². The average molecular weight is 343 g/mol. The number of nitrogens with one attached hydrogen (secondary N) is 1. The molecule has 0 aliphatic rings. The van der Waals surface area contributed by atoms with Crippen molar-refractivity contribution in [3.8, 4) is 11.4 Å². The van der Waals surface area contributed by atoms with E-state index >= 15 is 0 Å². The zero-order valence-electron chi connectivity index (χ0n) is 13.4. The first-order valence-electron chi connectivity index (χ1n) is 7.80. The summed E-state index contributed by atoms with van der Waals surface area (Å²) in [6, 6.07) is 13.5. The van der Waals surface area contributed by atoms with Crippen molar-refractivity contribution < 1.29 is 4.52 Å². The van der Waals surface area contributed by atoms with Gasteiger partial charge in [-0.1, -0.05) is 28.9 Å². The third kappa shape index (κ3) is 3.86. The number of aromatic nitrogens is 2. The first-order valence-corrected chi connectivity index (χ1v) is 8.18. The van der Waals surface area contributed by atoms with Crippen molar-refractivity contribution in [2.75, 3.05) is 18.1 Å². The first kappa shape index (κ1) is 16.3. The third-order valence-electron chi connectivity index (χ3n) is 3.82. The Balaban J connectivity index is 1.62. The highest BCUT2D eigenvalue weighted by atomic mass is 35.5. The summed E-state index contributed by atoms with van der Waals surface area (Å²) in [5.74, 6) is 1.22. The second-order valence-electron chi connectivity index (χ2n) is 5.54. The molecule has 0 aliphatic heterocycles. The Morgan fingerprint density at radius 2 is 1.92 bits per heavy atom. The van der Waals surface area contributed by atoms with Gasteiger partial charge in [0.2, 0.25) is 11.7 Å². The van der Waals surface area contributed by atoms with E-state index in [4.69, 9.17) is 21.9 Å². The second kappa shape index (κ2) is 7.36. The lowest BCUT2D eigenvalue weighted by molar-refractivity contribution is 0.376. The number of hydrogen-bond donors (Lipinski definition) is 2. The van der Waals surface area contributed by atoms with Gasteiger partial charge in [-0.05, 0) is 48.7 Å². The maximum absolute atomic E-state index is 5.89. The zero-order valence-corrected chi connectivity index (χ0v) is 14.2. The average Bonchev–Trinajstić information content (AvgIpc) is 3.06. The van der Waals surface area contributed by atoms with Crippen LogP contribution in [0.25, 0.3) is 11.4 Å². The highest BCUT2D eigenvalue weighted by Gasteiger charge is 2.10. The molecule has 0 atom stereocenters. The highest BCUT2D eigenvalue weighted by Crippen LogP contribution is 2.25. The van der Waals surface area contributed by atoms with Gasteiger partial charge < -0.3 is 15.6 Å². The lowest BCUT2D eigenvalue weighted by Crippen LogP contribution is -1.96. The van der Waals surface area contributed by atoms with Crippen LogP contribution in [0.2, 0.25) is 5.02 Å². The Morgan fingerprint density at radius 1 is 1.12 bits per heavy atom. The van der Waals surface area contributed by atoms with Gasteiger partial charge in [-0.15, -0.1) is 0 Å². The number of rotatable bonds is 6. The molecule has 2 aromatic carbocycles. The monoisotopic (exact) mass is 342 g/mol. The van der Waals surface area contributed by atoms with E-state index in [1.165, 1.54) is 5.56 Å². The number of halogens is 1. The largest absolute Gasteiger partial charge is 0.397 e. The second-order valence-corrected chi connectivity index (χ2v) is 5.98. The van der Waals surface area contributed by atoms with Crippen LogP contribution >= 0.6 is 11.6 Å². The minimum absolute atomic E-state index is 0.577. The molecule has 124 valence electrons. The van der Waals surface area contributed by atoms with Crippen LogP contribution in [-0.4, -0.2) is 17.2 Å². The molecular formula is C18H19ClN4O. The molecule has 1 aromatic heterocycles. The van der Waals surface area contributed by atoms with Crippen molar-refractivity contribution >= 4 is 23.0 Å². The number of nitrogen functional groups attached to an aromatic ring is 1. The lowest BCUT2D eigenvalue weighted by atomic mass is 10.1. The Bertz CT molecular complexity index is 814.